The molecule has 0 bridgehead atoms. The Hall–Kier alpha value is -1.25. The van der Waals surface area contributed by atoms with Crippen LogP contribution in [-0.2, 0) is 6.54 Å². The summed E-state index contributed by atoms with van der Waals surface area (Å²) in [5.74, 6) is -0.222. The topological polar surface area (TPSA) is 12.0 Å². The summed E-state index contributed by atoms with van der Waals surface area (Å²) in [7, 11) is 0. The summed E-state index contributed by atoms with van der Waals surface area (Å²) >= 11 is 11.9. The molecule has 0 aliphatic rings. The Kier molecular flexibility index (Phi) is 4.10. The molecule has 0 unspecified atom stereocenters. The van der Waals surface area contributed by atoms with Gasteiger partial charge in [-0.1, -0.05) is 29.3 Å². The van der Waals surface area contributed by atoms with E-state index >= 15 is 0 Å². The lowest BCUT2D eigenvalue weighted by molar-refractivity contribution is 0.625. The zero-order valence-electron chi connectivity index (χ0n) is 9.81. The highest BCUT2D eigenvalue weighted by molar-refractivity contribution is 6.36. The SMILES string of the molecule is Cc1cc(F)ccc1CNc1ccc(Cl)cc1Cl. The van der Waals surface area contributed by atoms with Gasteiger partial charge in [0.2, 0.25) is 0 Å². The van der Waals surface area contributed by atoms with Crippen LogP contribution >= 0.6 is 23.2 Å². The zero-order valence-corrected chi connectivity index (χ0v) is 11.3. The summed E-state index contributed by atoms with van der Waals surface area (Å²) < 4.78 is 13.0. The Morgan fingerprint density at radius 2 is 1.89 bits per heavy atom. The Morgan fingerprint density at radius 3 is 2.56 bits per heavy atom. The second kappa shape index (κ2) is 5.59. The number of anilines is 1. The molecule has 0 aromatic heterocycles. The van der Waals surface area contributed by atoms with Gasteiger partial charge < -0.3 is 5.32 Å². The summed E-state index contributed by atoms with van der Waals surface area (Å²) in [5.41, 5.74) is 2.75. The van der Waals surface area contributed by atoms with Crippen molar-refractivity contribution in [2.75, 3.05) is 5.32 Å². The van der Waals surface area contributed by atoms with E-state index in [0.717, 1.165) is 16.8 Å². The number of rotatable bonds is 3. The van der Waals surface area contributed by atoms with Gasteiger partial charge in [-0.25, -0.2) is 4.39 Å². The number of halogens is 3. The Morgan fingerprint density at radius 1 is 1.11 bits per heavy atom. The maximum Gasteiger partial charge on any atom is 0.123 e. The van der Waals surface area contributed by atoms with E-state index in [4.69, 9.17) is 23.2 Å². The van der Waals surface area contributed by atoms with Crippen molar-refractivity contribution in [3.63, 3.8) is 0 Å². The van der Waals surface area contributed by atoms with Crippen molar-refractivity contribution in [1.82, 2.24) is 0 Å². The number of aryl methyl sites for hydroxylation is 1. The molecule has 0 heterocycles. The lowest BCUT2D eigenvalue weighted by Crippen LogP contribution is -2.02. The minimum atomic E-state index is -0.222. The monoisotopic (exact) mass is 283 g/mol. The molecule has 94 valence electrons. The van der Waals surface area contributed by atoms with Crippen LogP contribution in [0.25, 0.3) is 0 Å². The standard InChI is InChI=1S/C14H12Cl2FN/c1-9-6-12(17)4-2-10(9)8-18-14-5-3-11(15)7-13(14)16/h2-7,18H,8H2,1H3. The molecule has 0 atom stereocenters. The van der Waals surface area contributed by atoms with E-state index in [0.29, 0.717) is 16.6 Å². The molecule has 18 heavy (non-hydrogen) atoms. The summed E-state index contributed by atoms with van der Waals surface area (Å²) in [6, 6.07) is 10.0. The number of nitrogens with one attached hydrogen (secondary N) is 1. The van der Waals surface area contributed by atoms with Crippen LogP contribution in [0.15, 0.2) is 36.4 Å². The highest BCUT2D eigenvalue weighted by Gasteiger charge is 2.03. The number of benzene rings is 2. The maximum absolute atomic E-state index is 13.0. The summed E-state index contributed by atoms with van der Waals surface area (Å²) in [4.78, 5) is 0. The van der Waals surface area contributed by atoms with Crippen LogP contribution in [0, 0.1) is 12.7 Å². The van der Waals surface area contributed by atoms with E-state index in [1.165, 1.54) is 12.1 Å². The fourth-order valence-corrected chi connectivity index (χ4v) is 2.16. The third-order valence-electron chi connectivity index (χ3n) is 2.71. The van der Waals surface area contributed by atoms with Gasteiger partial charge in [0, 0.05) is 11.6 Å². The Balaban J connectivity index is 2.11. The van der Waals surface area contributed by atoms with Gasteiger partial charge in [-0.05, 0) is 48.4 Å². The van der Waals surface area contributed by atoms with Gasteiger partial charge in [0.05, 0.1) is 10.7 Å². The van der Waals surface area contributed by atoms with Gasteiger partial charge in [0.1, 0.15) is 5.82 Å². The summed E-state index contributed by atoms with van der Waals surface area (Å²) in [6.07, 6.45) is 0. The van der Waals surface area contributed by atoms with Crippen molar-refractivity contribution < 1.29 is 4.39 Å². The van der Waals surface area contributed by atoms with Crippen LogP contribution < -0.4 is 5.32 Å². The van der Waals surface area contributed by atoms with Gasteiger partial charge in [0.25, 0.3) is 0 Å². The van der Waals surface area contributed by atoms with E-state index < -0.39 is 0 Å². The average Bonchev–Trinajstić information content (AvgIpc) is 2.30. The minimum Gasteiger partial charge on any atom is -0.380 e. The van der Waals surface area contributed by atoms with Crippen LogP contribution in [-0.4, -0.2) is 0 Å². The smallest absolute Gasteiger partial charge is 0.123 e. The molecule has 4 heteroatoms. The first-order valence-electron chi connectivity index (χ1n) is 5.50. The lowest BCUT2D eigenvalue weighted by Gasteiger charge is -2.10. The molecule has 2 rings (SSSR count). The Labute approximate surface area is 116 Å². The van der Waals surface area contributed by atoms with Crippen molar-refractivity contribution in [3.05, 3.63) is 63.4 Å². The van der Waals surface area contributed by atoms with Gasteiger partial charge in [-0.2, -0.15) is 0 Å². The molecule has 1 nitrogen and oxygen atoms in total. The molecule has 0 amide bonds. The van der Waals surface area contributed by atoms with E-state index in [1.54, 1.807) is 18.2 Å². The third-order valence-corrected chi connectivity index (χ3v) is 3.25. The first kappa shape index (κ1) is 13.2. The third kappa shape index (κ3) is 3.15. The number of hydrogen-bond donors (Lipinski definition) is 1. The van der Waals surface area contributed by atoms with Crippen LogP contribution in [0.4, 0.5) is 10.1 Å². The zero-order chi connectivity index (χ0) is 13.1. The molecule has 0 fully saturated rings. The van der Waals surface area contributed by atoms with E-state index in [9.17, 15) is 4.39 Å². The first-order chi connectivity index (χ1) is 8.56. The van der Waals surface area contributed by atoms with Crippen molar-refractivity contribution in [2.24, 2.45) is 0 Å². The molecule has 1 N–H and O–H groups in total. The van der Waals surface area contributed by atoms with E-state index in [2.05, 4.69) is 5.32 Å². The van der Waals surface area contributed by atoms with Crippen LogP contribution in [0.1, 0.15) is 11.1 Å². The highest BCUT2D eigenvalue weighted by Crippen LogP contribution is 2.26. The van der Waals surface area contributed by atoms with Crippen LogP contribution in [0.3, 0.4) is 0 Å². The molecule has 0 spiro atoms. The van der Waals surface area contributed by atoms with Crippen molar-refractivity contribution in [3.8, 4) is 0 Å². The van der Waals surface area contributed by atoms with Gasteiger partial charge in [-0.3, -0.25) is 0 Å². The molecule has 0 aliphatic carbocycles. The highest BCUT2D eigenvalue weighted by atomic mass is 35.5. The van der Waals surface area contributed by atoms with Crippen molar-refractivity contribution in [2.45, 2.75) is 13.5 Å². The fraction of sp³-hybridized carbons (Fsp3) is 0.143. The first-order valence-corrected chi connectivity index (χ1v) is 6.26. The predicted molar refractivity (Wildman–Crippen MR) is 74.9 cm³/mol. The Bertz CT molecular complexity index is 518. The molecule has 2 aromatic carbocycles. The molecular formula is C14H12Cl2FN. The van der Waals surface area contributed by atoms with E-state index in [1.807, 2.05) is 13.0 Å². The molecular weight excluding hydrogens is 272 g/mol. The van der Waals surface area contributed by atoms with Gasteiger partial charge >= 0.3 is 0 Å². The molecule has 0 radical (unpaired) electrons. The van der Waals surface area contributed by atoms with Crippen molar-refractivity contribution in [1.29, 1.82) is 0 Å². The van der Waals surface area contributed by atoms with Crippen LogP contribution in [0.2, 0.25) is 10.0 Å². The summed E-state index contributed by atoms with van der Waals surface area (Å²) in [6.45, 7) is 2.47. The van der Waals surface area contributed by atoms with E-state index in [-0.39, 0.29) is 5.82 Å². The predicted octanol–water partition coefficient (Wildman–Crippen LogP) is 5.05. The van der Waals surface area contributed by atoms with Crippen molar-refractivity contribution >= 4 is 28.9 Å². The number of hydrogen-bond acceptors (Lipinski definition) is 1. The van der Waals surface area contributed by atoms with Gasteiger partial charge in [-0.15, -0.1) is 0 Å². The molecule has 0 saturated carbocycles. The second-order valence-electron chi connectivity index (χ2n) is 4.05. The maximum atomic E-state index is 13.0. The van der Waals surface area contributed by atoms with Gasteiger partial charge in [0.15, 0.2) is 0 Å². The largest absolute Gasteiger partial charge is 0.380 e. The molecule has 0 saturated heterocycles. The fourth-order valence-electron chi connectivity index (χ4n) is 1.68. The minimum absolute atomic E-state index is 0.222. The molecule has 0 aliphatic heterocycles. The normalized spacial score (nSPS) is 10.4. The quantitative estimate of drug-likeness (QED) is 0.831. The van der Waals surface area contributed by atoms with Crippen LogP contribution in [0.5, 0.6) is 0 Å². The second-order valence-corrected chi connectivity index (χ2v) is 4.89. The average molecular weight is 284 g/mol. The summed E-state index contributed by atoms with van der Waals surface area (Å²) in [5, 5.41) is 4.38. The molecule has 2 aromatic rings. The lowest BCUT2D eigenvalue weighted by atomic mass is 10.1.